The molecule has 4 heterocycles. The Kier molecular flexibility index (Phi) is 9.44. The largest absolute Gasteiger partial charge is 0.439 e. The molecule has 6 aromatic carbocycles. The summed E-state index contributed by atoms with van der Waals surface area (Å²) in [7, 11) is 0. The Hall–Kier alpha value is -6.92. The van der Waals surface area contributed by atoms with Crippen molar-refractivity contribution in [3.8, 4) is 34.0 Å². The van der Waals surface area contributed by atoms with E-state index in [1.165, 1.54) is 38.7 Å². The molecule has 0 atom stereocenters. The number of aryl methyl sites for hydroxylation is 2. The molecule has 0 spiro atoms. The molecule has 2 aliphatic rings. The van der Waals surface area contributed by atoms with Crippen LogP contribution in [0.1, 0.15) is 63.8 Å². The maximum atomic E-state index is 6.50. The van der Waals surface area contributed by atoms with Gasteiger partial charge in [0.15, 0.2) is 0 Å². The average Bonchev–Trinajstić information content (AvgIpc) is 3.27. The minimum absolute atomic E-state index is 0.0323. The highest BCUT2D eigenvalue weighted by Gasteiger charge is 2.43. The number of nitrogens with zero attached hydrogens (tertiary/aromatic N) is 4. The standard InChI is InChI=1S/C56H51BN4O/c1-36-15-16-37(2)45(32-36)38-29-31-58-48(34-38)39-17-27-49-46(33-39)57-47-35-44(62-53-14-9-10-30-59-53)26-28-50(47)61(43-24-20-41(21-25-43)56(6,7)8)52-13-11-12-51(54(52)57)60(49)42-22-18-40(19-23-42)55(3,4)5/h9-35H,1-8H3. The predicted octanol–water partition coefficient (Wildman–Crippen LogP) is 12.9. The molecule has 0 unspecified atom stereocenters. The van der Waals surface area contributed by atoms with Crippen molar-refractivity contribution >= 4 is 57.2 Å². The zero-order valence-corrected chi connectivity index (χ0v) is 36.9. The molecule has 304 valence electrons. The van der Waals surface area contributed by atoms with Gasteiger partial charge >= 0.3 is 0 Å². The number of benzene rings is 6. The summed E-state index contributed by atoms with van der Waals surface area (Å²) < 4.78 is 6.50. The zero-order chi connectivity index (χ0) is 42.9. The second kappa shape index (κ2) is 14.9. The maximum absolute atomic E-state index is 6.50. The molecule has 62 heavy (non-hydrogen) atoms. The van der Waals surface area contributed by atoms with E-state index in [1.54, 1.807) is 6.20 Å². The number of rotatable bonds is 6. The first-order valence-electron chi connectivity index (χ1n) is 21.7. The second-order valence-corrected chi connectivity index (χ2v) is 18.9. The molecule has 0 saturated heterocycles. The molecular weight excluding hydrogens is 755 g/mol. The van der Waals surface area contributed by atoms with Gasteiger partial charge in [0.2, 0.25) is 5.88 Å². The van der Waals surface area contributed by atoms with Gasteiger partial charge in [-0.25, -0.2) is 4.98 Å². The fourth-order valence-corrected chi connectivity index (χ4v) is 9.25. The molecule has 0 saturated carbocycles. The van der Waals surface area contributed by atoms with Crippen LogP contribution in [0.2, 0.25) is 0 Å². The number of ether oxygens (including phenoxy) is 1. The van der Waals surface area contributed by atoms with Crippen LogP contribution in [0, 0.1) is 13.8 Å². The van der Waals surface area contributed by atoms with Gasteiger partial charge in [0.05, 0.1) is 5.69 Å². The number of aromatic nitrogens is 2. The summed E-state index contributed by atoms with van der Waals surface area (Å²) in [6, 6.07) is 55.3. The Labute approximate surface area is 366 Å². The Morgan fingerprint density at radius 2 is 1.13 bits per heavy atom. The highest BCUT2D eigenvalue weighted by molar-refractivity contribution is 7.00. The third kappa shape index (κ3) is 6.94. The summed E-state index contributed by atoms with van der Waals surface area (Å²) in [4.78, 5) is 14.4. The van der Waals surface area contributed by atoms with Gasteiger partial charge < -0.3 is 14.5 Å². The number of anilines is 6. The molecular formula is C56H51BN4O. The summed E-state index contributed by atoms with van der Waals surface area (Å²) in [5, 5.41) is 0. The van der Waals surface area contributed by atoms with E-state index >= 15 is 0 Å². The highest BCUT2D eigenvalue weighted by Crippen LogP contribution is 2.45. The molecule has 0 N–H and O–H groups in total. The van der Waals surface area contributed by atoms with E-state index in [4.69, 9.17) is 9.72 Å². The van der Waals surface area contributed by atoms with Crippen molar-refractivity contribution in [2.45, 2.75) is 66.2 Å². The van der Waals surface area contributed by atoms with E-state index in [9.17, 15) is 0 Å². The maximum Gasteiger partial charge on any atom is 0.252 e. The normalized spacial score (nSPS) is 13.1. The molecule has 10 rings (SSSR count). The van der Waals surface area contributed by atoms with Crippen LogP contribution < -0.4 is 30.9 Å². The van der Waals surface area contributed by atoms with Crippen LogP contribution in [-0.2, 0) is 10.8 Å². The first kappa shape index (κ1) is 39.2. The summed E-state index contributed by atoms with van der Waals surface area (Å²) in [6.07, 6.45) is 3.71. The summed E-state index contributed by atoms with van der Waals surface area (Å²) in [6.45, 7) is 17.8. The van der Waals surface area contributed by atoms with Gasteiger partial charge in [0.25, 0.3) is 6.71 Å². The molecule has 5 nitrogen and oxygen atoms in total. The summed E-state index contributed by atoms with van der Waals surface area (Å²) >= 11 is 0. The van der Waals surface area contributed by atoms with Gasteiger partial charge in [-0.1, -0.05) is 114 Å². The van der Waals surface area contributed by atoms with Gasteiger partial charge in [-0.15, -0.1) is 0 Å². The van der Waals surface area contributed by atoms with E-state index < -0.39 is 0 Å². The van der Waals surface area contributed by atoms with Crippen LogP contribution in [0.15, 0.2) is 164 Å². The molecule has 0 fully saturated rings. The van der Waals surface area contributed by atoms with Crippen LogP contribution in [0.5, 0.6) is 11.6 Å². The predicted molar refractivity (Wildman–Crippen MR) is 260 cm³/mol. The third-order valence-corrected chi connectivity index (χ3v) is 12.6. The molecule has 2 aliphatic heterocycles. The Bertz CT molecular complexity index is 2970. The average molecular weight is 807 g/mol. The molecule has 2 aromatic heterocycles. The first-order valence-corrected chi connectivity index (χ1v) is 21.7. The highest BCUT2D eigenvalue weighted by atomic mass is 16.5. The Balaban J connectivity index is 1.21. The summed E-state index contributed by atoms with van der Waals surface area (Å²) in [5.74, 6) is 1.30. The molecule has 0 amide bonds. The van der Waals surface area contributed by atoms with Crippen LogP contribution in [-0.4, -0.2) is 16.7 Å². The first-order chi connectivity index (χ1) is 29.8. The zero-order valence-electron chi connectivity index (χ0n) is 36.9. The van der Waals surface area contributed by atoms with Crippen LogP contribution in [0.3, 0.4) is 0 Å². The van der Waals surface area contributed by atoms with Gasteiger partial charge in [-0.2, -0.15) is 0 Å². The SMILES string of the molecule is Cc1ccc(C)c(-c2ccnc(-c3ccc4c(c3)B3c5cc(Oc6ccccn6)ccc5N(c5ccc(C(C)(C)C)cc5)c5cccc(c53)N4c3ccc(C(C)(C)C)cc3)c2)c1. The monoisotopic (exact) mass is 806 g/mol. The Morgan fingerprint density at radius 1 is 0.500 bits per heavy atom. The van der Waals surface area contributed by atoms with E-state index in [-0.39, 0.29) is 17.5 Å². The van der Waals surface area contributed by atoms with Crippen LogP contribution in [0.4, 0.5) is 34.1 Å². The lowest BCUT2D eigenvalue weighted by atomic mass is 9.33. The lowest BCUT2D eigenvalue weighted by molar-refractivity contribution is 0.463. The number of hydrogen-bond acceptors (Lipinski definition) is 5. The lowest BCUT2D eigenvalue weighted by Crippen LogP contribution is -2.61. The van der Waals surface area contributed by atoms with Gasteiger partial charge in [-0.05, 0) is 153 Å². The van der Waals surface area contributed by atoms with Crippen molar-refractivity contribution in [1.29, 1.82) is 0 Å². The quantitative estimate of drug-likeness (QED) is 0.157. The van der Waals surface area contributed by atoms with Gasteiger partial charge in [-0.3, -0.25) is 4.98 Å². The van der Waals surface area contributed by atoms with Crippen molar-refractivity contribution in [2.24, 2.45) is 0 Å². The topological polar surface area (TPSA) is 41.5 Å². The van der Waals surface area contributed by atoms with Crippen molar-refractivity contribution in [3.63, 3.8) is 0 Å². The number of hydrogen-bond donors (Lipinski definition) is 0. The third-order valence-electron chi connectivity index (χ3n) is 12.6. The number of fused-ring (bicyclic) bond motifs is 4. The van der Waals surface area contributed by atoms with E-state index in [0.717, 1.165) is 62.2 Å². The van der Waals surface area contributed by atoms with E-state index in [0.29, 0.717) is 5.88 Å². The van der Waals surface area contributed by atoms with Crippen molar-refractivity contribution in [2.75, 3.05) is 9.80 Å². The molecule has 8 aromatic rings. The Morgan fingerprint density at radius 3 is 1.74 bits per heavy atom. The van der Waals surface area contributed by atoms with Crippen molar-refractivity contribution < 1.29 is 4.74 Å². The van der Waals surface area contributed by atoms with Gasteiger partial charge in [0, 0.05) is 52.6 Å². The van der Waals surface area contributed by atoms with E-state index in [1.807, 2.05) is 24.4 Å². The van der Waals surface area contributed by atoms with E-state index in [2.05, 4.69) is 204 Å². The smallest absolute Gasteiger partial charge is 0.252 e. The van der Waals surface area contributed by atoms with Crippen molar-refractivity contribution in [3.05, 3.63) is 186 Å². The fraction of sp³-hybridized carbons (Fsp3) is 0.179. The molecule has 0 aliphatic carbocycles. The number of pyridine rings is 2. The summed E-state index contributed by atoms with van der Waals surface area (Å²) in [5.41, 5.74) is 20.0. The fourth-order valence-electron chi connectivity index (χ4n) is 9.25. The minimum Gasteiger partial charge on any atom is -0.439 e. The minimum atomic E-state index is -0.115. The molecule has 6 heteroatoms. The van der Waals surface area contributed by atoms with Gasteiger partial charge in [0.1, 0.15) is 5.75 Å². The lowest BCUT2D eigenvalue weighted by Gasteiger charge is -2.44. The van der Waals surface area contributed by atoms with Crippen LogP contribution >= 0.6 is 0 Å². The van der Waals surface area contributed by atoms with Crippen LogP contribution in [0.25, 0.3) is 22.4 Å². The van der Waals surface area contributed by atoms with Crippen molar-refractivity contribution in [1.82, 2.24) is 9.97 Å². The molecule has 0 bridgehead atoms. The second-order valence-electron chi connectivity index (χ2n) is 18.9. The molecule has 0 radical (unpaired) electrons.